The van der Waals surface area contributed by atoms with E-state index in [1.807, 2.05) is 32.2 Å². The molecule has 9 heteroatoms. The summed E-state index contributed by atoms with van der Waals surface area (Å²) < 4.78 is 36.4. The number of likely N-dealkylation sites (tertiary alicyclic amines) is 1. The minimum absolute atomic E-state index is 0.0534. The Balaban J connectivity index is 1.60. The summed E-state index contributed by atoms with van der Waals surface area (Å²) in [5.41, 5.74) is 1.58. The van der Waals surface area contributed by atoms with Gasteiger partial charge in [0, 0.05) is 29.9 Å². The van der Waals surface area contributed by atoms with Gasteiger partial charge in [-0.25, -0.2) is 18.8 Å². The van der Waals surface area contributed by atoms with Gasteiger partial charge in [-0.05, 0) is 104 Å². The second-order valence-electron chi connectivity index (χ2n) is 12.2. The number of nitrogens with zero attached hydrogens (tertiary/aromatic N) is 5. The van der Waals surface area contributed by atoms with Crippen LogP contribution in [0.25, 0.3) is 5.70 Å². The summed E-state index contributed by atoms with van der Waals surface area (Å²) in [5, 5.41) is 2.92. The number of aromatic nitrogens is 1. The number of aliphatic imine (C=N–C) groups is 2. The molecular formula is C32H44F2N6O. The molecule has 3 atom stereocenters. The summed E-state index contributed by atoms with van der Waals surface area (Å²) in [6.07, 6.45) is 4.87. The number of anilines is 1. The molecule has 2 aliphatic rings. The second kappa shape index (κ2) is 12.3. The summed E-state index contributed by atoms with van der Waals surface area (Å²) >= 11 is 0. The highest BCUT2D eigenvalue weighted by Gasteiger charge is 2.36. The summed E-state index contributed by atoms with van der Waals surface area (Å²) in [5.74, 6) is -0.00364. The minimum atomic E-state index is -0.565. The molecule has 0 bridgehead atoms. The molecule has 222 valence electrons. The standard InChI is InChI=1S/C32H44F2N6O/c1-10-19(2)40-18-32(6,7)41-30-26(34)15-25(16-27(30)40)29(22(5)33)38-31(35-8)37-28-12-11-23(17-36-28)24-13-20(3)39(9)21(4)14-24/h11-12,15-17,19-21,24H,8,10,13-14,18H2,1-7,9H3,(H,36,37,38)/b29-22+. The Hall–Kier alpha value is -3.33. The van der Waals surface area contributed by atoms with Crippen molar-refractivity contribution in [3.8, 4) is 5.75 Å². The molecule has 3 heterocycles. The van der Waals surface area contributed by atoms with Crippen LogP contribution in [0.5, 0.6) is 5.75 Å². The summed E-state index contributed by atoms with van der Waals surface area (Å²) in [6, 6.07) is 8.05. The van der Waals surface area contributed by atoms with Crippen molar-refractivity contribution in [2.24, 2.45) is 9.98 Å². The first-order valence-corrected chi connectivity index (χ1v) is 14.5. The van der Waals surface area contributed by atoms with Crippen molar-refractivity contribution in [3.05, 3.63) is 53.2 Å². The van der Waals surface area contributed by atoms with Gasteiger partial charge in [0.25, 0.3) is 0 Å². The van der Waals surface area contributed by atoms with Crippen molar-refractivity contribution < 1.29 is 13.5 Å². The van der Waals surface area contributed by atoms with Gasteiger partial charge in [0.1, 0.15) is 11.4 Å². The van der Waals surface area contributed by atoms with Gasteiger partial charge in [0.2, 0.25) is 5.96 Å². The highest BCUT2D eigenvalue weighted by Crippen LogP contribution is 2.42. The van der Waals surface area contributed by atoms with Crippen LogP contribution in [-0.4, -0.2) is 59.9 Å². The fourth-order valence-electron chi connectivity index (χ4n) is 5.80. The van der Waals surface area contributed by atoms with Gasteiger partial charge in [-0.2, -0.15) is 4.99 Å². The Morgan fingerprint density at radius 2 is 1.93 bits per heavy atom. The number of rotatable bonds is 6. The van der Waals surface area contributed by atoms with Crippen LogP contribution in [0.3, 0.4) is 0 Å². The van der Waals surface area contributed by atoms with E-state index >= 15 is 4.39 Å². The van der Waals surface area contributed by atoms with Crippen LogP contribution in [0.1, 0.15) is 84.8 Å². The monoisotopic (exact) mass is 566 g/mol. The predicted octanol–water partition coefficient (Wildman–Crippen LogP) is 7.22. The van der Waals surface area contributed by atoms with Gasteiger partial charge < -0.3 is 19.9 Å². The molecule has 1 aromatic heterocycles. The largest absolute Gasteiger partial charge is 0.481 e. The molecule has 1 aromatic carbocycles. The number of nitrogens with one attached hydrogen (secondary N) is 1. The molecule has 1 saturated heterocycles. The fraction of sp³-hybridized carbons (Fsp3) is 0.531. The number of allylic oxidation sites excluding steroid dienone is 1. The third-order valence-electron chi connectivity index (χ3n) is 8.51. The SMILES string of the molecule is C=NC(=Nc1ccc(C2CC(C)N(C)C(C)C2)cn1)N/C(=C(\C)F)c1cc(F)c2c(c1)N(C(C)CC)CC(C)(C)O2. The number of fused-ring (bicyclic) bond motifs is 1. The first kappa shape index (κ1) is 30.6. The Labute approximate surface area is 243 Å². The Kier molecular flexibility index (Phi) is 9.16. The topological polar surface area (TPSA) is 65.4 Å². The maximum atomic E-state index is 15.5. The van der Waals surface area contributed by atoms with Crippen LogP contribution in [0.4, 0.5) is 20.3 Å². The van der Waals surface area contributed by atoms with Crippen LogP contribution in [0.15, 0.2) is 46.3 Å². The lowest BCUT2D eigenvalue weighted by molar-refractivity contribution is 0.0959. The molecule has 1 fully saturated rings. The zero-order chi connectivity index (χ0) is 30.1. The van der Waals surface area contributed by atoms with Crippen LogP contribution in [0.2, 0.25) is 0 Å². The molecule has 7 nitrogen and oxygen atoms in total. The molecule has 2 aliphatic heterocycles. The lowest BCUT2D eigenvalue weighted by Gasteiger charge is -2.44. The summed E-state index contributed by atoms with van der Waals surface area (Å²) in [7, 11) is 2.18. The molecule has 4 rings (SSSR count). The lowest BCUT2D eigenvalue weighted by Crippen LogP contribution is -2.50. The molecule has 0 saturated carbocycles. The third-order valence-corrected chi connectivity index (χ3v) is 8.51. The highest BCUT2D eigenvalue weighted by atomic mass is 19.1. The Bertz CT molecular complexity index is 1310. The number of ether oxygens (including phenoxy) is 1. The number of benzene rings is 1. The molecule has 2 aromatic rings. The summed E-state index contributed by atoms with van der Waals surface area (Å²) in [6.45, 7) is 18.0. The molecular weight excluding hydrogens is 522 g/mol. The Morgan fingerprint density at radius 3 is 2.49 bits per heavy atom. The molecule has 41 heavy (non-hydrogen) atoms. The second-order valence-corrected chi connectivity index (χ2v) is 12.2. The Morgan fingerprint density at radius 1 is 1.24 bits per heavy atom. The van der Waals surface area contributed by atoms with E-state index in [9.17, 15) is 4.39 Å². The van der Waals surface area contributed by atoms with E-state index in [0.717, 1.165) is 19.3 Å². The van der Waals surface area contributed by atoms with Crippen molar-refractivity contribution in [1.29, 1.82) is 0 Å². The van der Waals surface area contributed by atoms with E-state index in [-0.39, 0.29) is 23.4 Å². The molecule has 0 spiro atoms. The number of guanidine groups is 1. The first-order chi connectivity index (χ1) is 19.3. The lowest BCUT2D eigenvalue weighted by atomic mass is 9.83. The van der Waals surface area contributed by atoms with Gasteiger partial charge in [0.05, 0.1) is 17.9 Å². The van der Waals surface area contributed by atoms with E-state index in [4.69, 9.17) is 4.74 Å². The van der Waals surface area contributed by atoms with Gasteiger partial charge in [-0.15, -0.1) is 0 Å². The van der Waals surface area contributed by atoms with Crippen LogP contribution in [-0.2, 0) is 0 Å². The van der Waals surface area contributed by atoms with E-state index in [0.29, 0.717) is 41.6 Å². The predicted molar refractivity (Wildman–Crippen MR) is 165 cm³/mol. The van der Waals surface area contributed by atoms with Gasteiger partial charge >= 0.3 is 0 Å². The van der Waals surface area contributed by atoms with E-state index in [1.54, 1.807) is 6.07 Å². The minimum Gasteiger partial charge on any atom is -0.481 e. The quantitative estimate of drug-likeness (QED) is 0.295. The summed E-state index contributed by atoms with van der Waals surface area (Å²) in [4.78, 5) is 17.5. The molecule has 0 amide bonds. The number of hydrogen-bond acceptors (Lipinski definition) is 5. The maximum absolute atomic E-state index is 15.5. The number of piperidine rings is 1. The van der Waals surface area contributed by atoms with Crippen LogP contribution >= 0.6 is 0 Å². The van der Waals surface area contributed by atoms with Gasteiger partial charge in [-0.3, -0.25) is 0 Å². The first-order valence-electron chi connectivity index (χ1n) is 14.5. The van der Waals surface area contributed by atoms with Crippen molar-refractivity contribution in [2.45, 2.75) is 97.4 Å². The zero-order valence-electron chi connectivity index (χ0n) is 25.6. The van der Waals surface area contributed by atoms with Gasteiger partial charge in [0.15, 0.2) is 17.4 Å². The number of pyridine rings is 1. The van der Waals surface area contributed by atoms with Crippen molar-refractivity contribution in [2.75, 3.05) is 18.5 Å². The maximum Gasteiger partial charge on any atom is 0.228 e. The highest BCUT2D eigenvalue weighted by molar-refractivity contribution is 5.94. The van der Waals surface area contributed by atoms with E-state index in [2.05, 4.69) is 71.5 Å². The van der Waals surface area contributed by atoms with Crippen LogP contribution in [0, 0.1) is 5.82 Å². The normalized spacial score (nSPS) is 24.2. The van der Waals surface area contributed by atoms with Gasteiger partial charge in [-0.1, -0.05) is 13.0 Å². The van der Waals surface area contributed by atoms with E-state index in [1.165, 1.54) is 18.6 Å². The average Bonchev–Trinajstić information content (AvgIpc) is 2.93. The third kappa shape index (κ3) is 6.77. The molecule has 0 radical (unpaired) electrons. The number of hydrogen-bond donors (Lipinski definition) is 1. The fourth-order valence-corrected chi connectivity index (χ4v) is 5.80. The van der Waals surface area contributed by atoms with Crippen molar-refractivity contribution in [3.63, 3.8) is 0 Å². The zero-order valence-corrected chi connectivity index (χ0v) is 25.6. The average molecular weight is 567 g/mol. The smallest absolute Gasteiger partial charge is 0.228 e. The van der Waals surface area contributed by atoms with Crippen LogP contribution < -0.4 is 15.0 Å². The van der Waals surface area contributed by atoms with Crippen molar-refractivity contribution in [1.82, 2.24) is 15.2 Å². The van der Waals surface area contributed by atoms with E-state index < -0.39 is 17.2 Å². The number of halogens is 2. The molecule has 0 aliphatic carbocycles. The van der Waals surface area contributed by atoms with Crippen molar-refractivity contribution >= 4 is 29.9 Å². The molecule has 3 unspecified atom stereocenters. The molecule has 1 N–H and O–H groups in total.